The molecule has 1 saturated heterocycles. The molecular weight excluding hydrogens is 357 g/mol. The number of hydrogen-bond acceptors (Lipinski definition) is 4. The Morgan fingerprint density at radius 1 is 1.18 bits per heavy atom. The SMILES string of the molecule is O=C(NCC1CCCNC1)c1ccccc1-c1ncc(-c2ccccc2F)o1. The Morgan fingerprint density at radius 3 is 2.75 bits per heavy atom. The lowest BCUT2D eigenvalue weighted by Gasteiger charge is -2.23. The molecule has 1 fully saturated rings. The molecule has 4 rings (SSSR count). The van der Waals surface area contributed by atoms with Gasteiger partial charge in [0.1, 0.15) is 5.82 Å². The first-order chi connectivity index (χ1) is 13.7. The van der Waals surface area contributed by atoms with Crippen molar-refractivity contribution in [3.05, 3.63) is 66.1 Å². The first-order valence-corrected chi connectivity index (χ1v) is 9.51. The van der Waals surface area contributed by atoms with E-state index < -0.39 is 0 Å². The summed E-state index contributed by atoms with van der Waals surface area (Å²) in [6.45, 7) is 2.60. The normalized spacial score (nSPS) is 16.7. The zero-order valence-corrected chi connectivity index (χ0v) is 15.5. The molecular formula is C22H22FN3O2. The molecule has 6 heteroatoms. The molecule has 1 atom stereocenters. The molecule has 2 N–H and O–H groups in total. The Kier molecular flexibility index (Phi) is 5.48. The van der Waals surface area contributed by atoms with Crippen molar-refractivity contribution in [1.29, 1.82) is 0 Å². The molecule has 0 bridgehead atoms. The van der Waals surface area contributed by atoms with Crippen molar-refractivity contribution in [2.45, 2.75) is 12.8 Å². The summed E-state index contributed by atoms with van der Waals surface area (Å²) in [6, 6.07) is 13.5. The Hall–Kier alpha value is -2.99. The van der Waals surface area contributed by atoms with Gasteiger partial charge in [0.25, 0.3) is 5.91 Å². The van der Waals surface area contributed by atoms with Gasteiger partial charge in [0.15, 0.2) is 5.76 Å². The lowest BCUT2D eigenvalue weighted by atomic mass is 9.99. The first-order valence-electron chi connectivity index (χ1n) is 9.51. The van der Waals surface area contributed by atoms with Gasteiger partial charge < -0.3 is 15.1 Å². The third-order valence-corrected chi connectivity index (χ3v) is 5.00. The van der Waals surface area contributed by atoms with Gasteiger partial charge in [0.2, 0.25) is 5.89 Å². The van der Waals surface area contributed by atoms with E-state index in [2.05, 4.69) is 15.6 Å². The number of nitrogens with zero attached hydrogens (tertiary/aromatic N) is 1. The van der Waals surface area contributed by atoms with Gasteiger partial charge in [-0.3, -0.25) is 4.79 Å². The summed E-state index contributed by atoms with van der Waals surface area (Å²) in [7, 11) is 0. The molecule has 2 aromatic carbocycles. The molecule has 0 radical (unpaired) electrons. The molecule has 1 unspecified atom stereocenters. The van der Waals surface area contributed by atoms with Gasteiger partial charge in [-0.2, -0.15) is 0 Å². The van der Waals surface area contributed by atoms with Crippen LogP contribution in [0.25, 0.3) is 22.8 Å². The second kappa shape index (κ2) is 8.35. The van der Waals surface area contributed by atoms with Gasteiger partial charge in [-0.05, 0) is 56.1 Å². The minimum Gasteiger partial charge on any atom is -0.436 e. The van der Waals surface area contributed by atoms with Gasteiger partial charge in [0, 0.05) is 12.1 Å². The van der Waals surface area contributed by atoms with E-state index in [1.807, 2.05) is 6.07 Å². The topological polar surface area (TPSA) is 67.2 Å². The predicted molar refractivity (Wildman–Crippen MR) is 105 cm³/mol. The van der Waals surface area contributed by atoms with E-state index in [9.17, 15) is 9.18 Å². The molecule has 1 aromatic heterocycles. The maximum atomic E-state index is 14.0. The number of amides is 1. The summed E-state index contributed by atoms with van der Waals surface area (Å²) in [5.41, 5.74) is 1.42. The highest BCUT2D eigenvalue weighted by molar-refractivity contribution is 6.00. The van der Waals surface area contributed by atoms with E-state index in [0.717, 1.165) is 25.9 Å². The highest BCUT2D eigenvalue weighted by atomic mass is 19.1. The average Bonchev–Trinajstić information content (AvgIpc) is 3.23. The van der Waals surface area contributed by atoms with E-state index in [-0.39, 0.29) is 11.7 Å². The van der Waals surface area contributed by atoms with Crippen molar-refractivity contribution in [2.24, 2.45) is 5.92 Å². The standard InChI is InChI=1S/C22H22FN3O2/c23-19-10-4-3-9-18(19)20-14-26-22(28-20)17-8-2-1-7-16(17)21(27)25-13-15-6-5-11-24-12-15/h1-4,7-10,14-15,24H,5-6,11-13H2,(H,25,27). The van der Waals surface area contributed by atoms with Crippen molar-refractivity contribution in [3.8, 4) is 22.8 Å². The van der Waals surface area contributed by atoms with Crippen LogP contribution < -0.4 is 10.6 Å². The first kappa shape index (κ1) is 18.4. The molecule has 1 amide bonds. The zero-order chi connectivity index (χ0) is 19.3. The second-order valence-electron chi connectivity index (χ2n) is 6.98. The van der Waals surface area contributed by atoms with E-state index in [4.69, 9.17) is 4.42 Å². The van der Waals surface area contributed by atoms with E-state index in [0.29, 0.717) is 40.8 Å². The molecule has 144 valence electrons. The van der Waals surface area contributed by atoms with Crippen LogP contribution >= 0.6 is 0 Å². The summed E-state index contributed by atoms with van der Waals surface area (Å²) in [5.74, 6) is 0.531. The molecule has 1 aliphatic rings. The fourth-order valence-electron chi connectivity index (χ4n) is 3.48. The Balaban J connectivity index is 1.54. The molecule has 3 aromatic rings. The van der Waals surface area contributed by atoms with Crippen LogP contribution in [0.4, 0.5) is 4.39 Å². The van der Waals surface area contributed by atoms with Gasteiger partial charge >= 0.3 is 0 Å². The molecule has 2 heterocycles. The monoisotopic (exact) mass is 379 g/mol. The maximum Gasteiger partial charge on any atom is 0.252 e. The van der Waals surface area contributed by atoms with E-state index in [1.54, 1.807) is 36.4 Å². The summed E-state index contributed by atoms with van der Waals surface area (Å²) >= 11 is 0. The Labute approximate surface area is 163 Å². The molecule has 0 spiro atoms. The smallest absolute Gasteiger partial charge is 0.252 e. The van der Waals surface area contributed by atoms with Crippen molar-refractivity contribution < 1.29 is 13.6 Å². The van der Waals surface area contributed by atoms with Crippen LogP contribution in [-0.2, 0) is 0 Å². The quantitative estimate of drug-likeness (QED) is 0.706. The number of oxazole rings is 1. The average molecular weight is 379 g/mol. The predicted octanol–water partition coefficient (Wildman–Crippen LogP) is 3.88. The van der Waals surface area contributed by atoms with Crippen LogP contribution in [-0.4, -0.2) is 30.5 Å². The van der Waals surface area contributed by atoms with Crippen LogP contribution in [0.2, 0.25) is 0 Å². The number of benzene rings is 2. The molecule has 28 heavy (non-hydrogen) atoms. The van der Waals surface area contributed by atoms with Crippen LogP contribution in [0.5, 0.6) is 0 Å². The number of rotatable bonds is 5. The highest BCUT2D eigenvalue weighted by Crippen LogP contribution is 2.29. The number of halogens is 1. The zero-order valence-electron chi connectivity index (χ0n) is 15.5. The number of hydrogen-bond donors (Lipinski definition) is 2. The molecule has 5 nitrogen and oxygen atoms in total. The fraction of sp³-hybridized carbons (Fsp3) is 0.273. The summed E-state index contributed by atoms with van der Waals surface area (Å²) < 4.78 is 19.8. The fourth-order valence-corrected chi connectivity index (χ4v) is 3.48. The van der Waals surface area contributed by atoms with E-state index >= 15 is 0 Å². The minimum atomic E-state index is -0.377. The summed E-state index contributed by atoms with van der Waals surface area (Å²) in [5, 5.41) is 6.37. The van der Waals surface area contributed by atoms with Crippen LogP contribution in [0.15, 0.2) is 59.1 Å². The molecule has 1 aliphatic heterocycles. The van der Waals surface area contributed by atoms with Crippen molar-refractivity contribution in [1.82, 2.24) is 15.6 Å². The van der Waals surface area contributed by atoms with Crippen molar-refractivity contribution >= 4 is 5.91 Å². The third kappa shape index (κ3) is 3.97. The molecule has 0 aliphatic carbocycles. The summed E-state index contributed by atoms with van der Waals surface area (Å²) in [4.78, 5) is 17.0. The Morgan fingerprint density at radius 2 is 1.96 bits per heavy atom. The third-order valence-electron chi connectivity index (χ3n) is 5.00. The van der Waals surface area contributed by atoms with Crippen molar-refractivity contribution in [3.63, 3.8) is 0 Å². The minimum absolute atomic E-state index is 0.160. The van der Waals surface area contributed by atoms with Crippen LogP contribution in [0.1, 0.15) is 23.2 Å². The number of carbonyl (C=O) groups excluding carboxylic acids is 1. The number of piperidine rings is 1. The van der Waals surface area contributed by atoms with Gasteiger partial charge in [0.05, 0.1) is 17.3 Å². The van der Waals surface area contributed by atoms with Gasteiger partial charge in [-0.25, -0.2) is 9.37 Å². The highest BCUT2D eigenvalue weighted by Gasteiger charge is 2.19. The van der Waals surface area contributed by atoms with Crippen LogP contribution in [0, 0.1) is 11.7 Å². The van der Waals surface area contributed by atoms with E-state index in [1.165, 1.54) is 12.3 Å². The van der Waals surface area contributed by atoms with Gasteiger partial charge in [-0.15, -0.1) is 0 Å². The van der Waals surface area contributed by atoms with Gasteiger partial charge in [-0.1, -0.05) is 24.3 Å². The Bertz CT molecular complexity index is 964. The largest absolute Gasteiger partial charge is 0.436 e. The number of carbonyl (C=O) groups is 1. The lowest BCUT2D eigenvalue weighted by molar-refractivity contribution is 0.0945. The lowest BCUT2D eigenvalue weighted by Crippen LogP contribution is -2.38. The number of aromatic nitrogens is 1. The summed E-state index contributed by atoms with van der Waals surface area (Å²) in [6.07, 6.45) is 3.73. The number of nitrogens with one attached hydrogen (secondary N) is 2. The second-order valence-corrected chi connectivity index (χ2v) is 6.98. The van der Waals surface area contributed by atoms with Crippen molar-refractivity contribution in [2.75, 3.05) is 19.6 Å². The van der Waals surface area contributed by atoms with Crippen LogP contribution in [0.3, 0.4) is 0 Å². The maximum absolute atomic E-state index is 14.0. The molecule has 0 saturated carbocycles.